The van der Waals surface area contributed by atoms with Crippen LogP contribution >= 0.6 is 27.5 Å². The van der Waals surface area contributed by atoms with E-state index in [1.165, 1.54) is 12.3 Å². The summed E-state index contributed by atoms with van der Waals surface area (Å²) in [6, 6.07) is 6.30. The molecule has 0 spiro atoms. The highest BCUT2D eigenvalue weighted by molar-refractivity contribution is 9.10. The minimum absolute atomic E-state index is 0.109. The third-order valence-electron chi connectivity index (χ3n) is 1.84. The summed E-state index contributed by atoms with van der Waals surface area (Å²) >= 11 is 8.87. The second kappa shape index (κ2) is 4.76. The van der Waals surface area contributed by atoms with Crippen LogP contribution < -0.4 is 5.32 Å². The van der Waals surface area contributed by atoms with Crippen LogP contribution in [-0.2, 0) is 0 Å². The lowest BCUT2D eigenvalue weighted by Crippen LogP contribution is -1.97. The van der Waals surface area contributed by atoms with Crippen molar-refractivity contribution in [3.05, 3.63) is 46.0 Å². The summed E-state index contributed by atoms with van der Waals surface area (Å²) in [5.41, 5.74) is 0.317. The third-order valence-corrected chi connectivity index (χ3v) is 2.68. The van der Waals surface area contributed by atoms with Crippen LogP contribution in [0.4, 0.5) is 15.9 Å². The largest absolute Gasteiger partial charge is 0.337 e. The highest BCUT2D eigenvalue weighted by atomic mass is 79.9. The van der Waals surface area contributed by atoms with E-state index in [0.717, 1.165) is 0 Å². The fourth-order valence-corrected chi connectivity index (χ4v) is 1.74. The van der Waals surface area contributed by atoms with Crippen LogP contribution in [0.3, 0.4) is 0 Å². The van der Waals surface area contributed by atoms with E-state index < -0.39 is 0 Å². The van der Waals surface area contributed by atoms with Gasteiger partial charge in [-0.3, -0.25) is 0 Å². The maximum absolute atomic E-state index is 13.5. The third kappa shape index (κ3) is 2.48. The van der Waals surface area contributed by atoms with Gasteiger partial charge in [-0.15, -0.1) is 0 Å². The first kappa shape index (κ1) is 11.3. The van der Waals surface area contributed by atoms with Crippen molar-refractivity contribution in [3.63, 3.8) is 0 Å². The number of halogens is 3. The van der Waals surface area contributed by atoms with Gasteiger partial charge in [-0.2, -0.15) is 0 Å². The zero-order chi connectivity index (χ0) is 11.5. The Labute approximate surface area is 105 Å². The molecule has 0 amide bonds. The van der Waals surface area contributed by atoms with Crippen molar-refractivity contribution >= 4 is 39.0 Å². The zero-order valence-electron chi connectivity index (χ0n) is 7.92. The molecule has 82 valence electrons. The molecule has 0 radical (unpaired) electrons. The molecule has 6 heteroatoms. The molecule has 0 saturated heterocycles. The van der Waals surface area contributed by atoms with Crippen LogP contribution in [0.1, 0.15) is 0 Å². The Balaban J connectivity index is 2.34. The molecule has 0 aliphatic heterocycles. The molecule has 0 aliphatic rings. The molecular weight excluding hydrogens is 296 g/mol. The van der Waals surface area contributed by atoms with Crippen molar-refractivity contribution in [2.45, 2.75) is 0 Å². The lowest BCUT2D eigenvalue weighted by molar-refractivity contribution is 0.631. The van der Waals surface area contributed by atoms with E-state index in [1.807, 2.05) is 0 Å². The second-order valence-electron chi connectivity index (χ2n) is 2.93. The average Bonchev–Trinajstić information content (AvgIpc) is 2.24. The Morgan fingerprint density at radius 1 is 1.31 bits per heavy atom. The predicted octanol–water partition coefficient (Wildman–Crippen LogP) is 3.78. The lowest BCUT2D eigenvalue weighted by atomic mass is 10.3. The number of nitrogens with one attached hydrogen (secondary N) is 1. The van der Waals surface area contributed by atoms with Crippen molar-refractivity contribution in [2.24, 2.45) is 0 Å². The van der Waals surface area contributed by atoms with Crippen molar-refractivity contribution in [1.82, 2.24) is 9.97 Å². The second-order valence-corrected chi connectivity index (χ2v) is 4.12. The molecule has 1 heterocycles. The maximum Gasteiger partial charge on any atom is 0.224 e. The Morgan fingerprint density at radius 2 is 2.12 bits per heavy atom. The van der Waals surface area contributed by atoms with Crippen molar-refractivity contribution in [2.75, 3.05) is 5.32 Å². The molecule has 16 heavy (non-hydrogen) atoms. The number of aromatic nitrogens is 2. The first-order valence-electron chi connectivity index (χ1n) is 4.36. The number of rotatable bonds is 2. The standard InChI is InChI=1S/C10H6BrClFN3/c11-6-2-1-3-7(13)9(6)15-8-4-5-14-10(12)16-8/h1-5H,(H,14,15,16). The number of hydrogen-bond donors (Lipinski definition) is 1. The van der Waals surface area contributed by atoms with Gasteiger partial charge in [0.25, 0.3) is 0 Å². The molecule has 0 aliphatic carbocycles. The van der Waals surface area contributed by atoms with Crippen molar-refractivity contribution < 1.29 is 4.39 Å². The van der Waals surface area contributed by atoms with Gasteiger partial charge in [0.05, 0.1) is 5.69 Å². The highest BCUT2D eigenvalue weighted by Gasteiger charge is 2.07. The van der Waals surface area contributed by atoms with Crippen LogP contribution in [0.5, 0.6) is 0 Å². The molecule has 0 unspecified atom stereocenters. The summed E-state index contributed by atoms with van der Waals surface area (Å²) in [6.07, 6.45) is 1.49. The summed E-state index contributed by atoms with van der Waals surface area (Å²) in [7, 11) is 0. The number of hydrogen-bond acceptors (Lipinski definition) is 3. The van der Waals surface area contributed by atoms with Gasteiger partial charge in [0.1, 0.15) is 11.6 Å². The van der Waals surface area contributed by atoms with Gasteiger partial charge in [0.15, 0.2) is 0 Å². The quantitative estimate of drug-likeness (QED) is 0.858. The first-order chi connectivity index (χ1) is 7.66. The summed E-state index contributed by atoms with van der Waals surface area (Å²) in [5, 5.41) is 2.93. The van der Waals surface area contributed by atoms with Gasteiger partial charge < -0.3 is 5.32 Å². The van der Waals surface area contributed by atoms with Gasteiger partial charge >= 0.3 is 0 Å². The van der Waals surface area contributed by atoms with E-state index >= 15 is 0 Å². The molecule has 2 aromatic rings. The summed E-state index contributed by atoms with van der Waals surface area (Å²) < 4.78 is 14.1. The van der Waals surface area contributed by atoms with E-state index in [-0.39, 0.29) is 11.1 Å². The fraction of sp³-hybridized carbons (Fsp3) is 0. The first-order valence-corrected chi connectivity index (χ1v) is 5.53. The van der Waals surface area contributed by atoms with Crippen molar-refractivity contribution in [1.29, 1.82) is 0 Å². The van der Waals surface area contributed by atoms with Crippen LogP contribution in [0.25, 0.3) is 0 Å². The van der Waals surface area contributed by atoms with E-state index in [2.05, 4.69) is 31.2 Å². The zero-order valence-corrected chi connectivity index (χ0v) is 10.3. The minimum Gasteiger partial charge on any atom is -0.337 e. The normalized spacial score (nSPS) is 10.2. The molecular formula is C10H6BrClFN3. The number of anilines is 2. The summed E-state index contributed by atoms with van der Waals surface area (Å²) in [4.78, 5) is 7.64. The molecule has 0 saturated carbocycles. The van der Waals surface area contributed by atoms with Crippen LogP contribution in [0.2, 0.25) is 5.28 Å². The molecule has 1 N–H and O–H groups in total. The number of para-hydroxylation sites is 1. The van der Waals surface area contributed by atoms with Gasteiger partial charge in [0, 0.05) is 10.7 Å². The highest BCUT2D eigenvalue weighted by Crippen LogP contribution is 2.27. The summed E-state index contributed by atoms with van der Waals surface area (Å²) in [6.45, 7) is 0. The van der Waals surface area contributed by atoms with E-state index in [0.29, 0.717) is 16.0 Å². The number of nitrogens with zero attached hydrogens (tertiary/aromatic N) is 2. The average molecular weight is 303 g/mol. The topological polar surface area (TPSA) is 37.8 Å². The smallest absolute Gasteiger partial charge is 0.224 e. The Kier molecular flexibility index (Phi) is 3.36. The summed E-state index contributed by atoms with van der Waals surface area (Å²) in [5.74, 6) is 0.0647. The SMILES string of the molecule is Fc1cccc(Br)c1Nc1ccnc(Cl)n1. The molecule has 0 atom stereocenters. The van der Waals surface area contributed by atoms with E-state index in [4.69, 9.17) is 11.6 Å². The maximum atomic E-state index is 13.5. The van der Waals surface area contributed by atoms with Gasteiger partial charge in [-0.1, -0.05) is 6.07 Å². The minimum atomic E-state index is -0.371. The molecule has 0 fully saturated rings. The Bertz CT molecular complexity index is 501. The number of benzene rings is 1. The van der Waals surface area contributed by atoms with Crippen LogP contribution in [-0.4, -0.2) is 9.97 Å². The van der Waals surface area contributed by atoms with Crippen LogP contribution in [0.15, 0.2) is 34.9 Å². The van der Waals surface area contributed by atoms with Gasteiger partial charge in [-0.05, 0) is 45.7 Å². The Morgan fingerprint density at radius 3 is 2.81 bits per heavy atom. The monoisotopic (exact) mass is 301 g/mol. The fourth-order valence-electron chi connectivity index (χ4n) is 1.15. The van der Waals surface area contributed by atoms with E-state index in [1.54, 1.807) is 18.2 Å². The van der Waals surface area contributed by atoms with E-state index in [9.17, 15) is 4.39 Å². The van der Waals surface area contributed by atoms with Crippen LogP contribution in [0, 0.1) is 5.82 Å². The van der Waals surface area contributed by atoms with Gasteiger partial charge in [0.2, 0.25) is 5.28 Å². The molecule has 1 aromatic heterocycles. The van der Waals surface area contributed by atoms with Gasteiger partial charge in [-0.25, -0.2) is 14.4 Å². The van der Waals surface area contributed by atoms with Crippen molar-refractivity contribution in [3.8, 4) is 0 Å². The Hall–Kier alpha value is -1.20. The molecule has 1 aromatic carbocycles. The molecule has 0 bridgehead atoms. The molecule has 3 nitrogen and oxygen atoms in total. The predicted molar refractivity (Wildman–Crippen MR) is 64.4 cm³/mol. The molecule has 2 rings (SSSR count). The lowest BCUT2D eigenvalue weighted by Gasteiger charge is -2.08.